The molecule has 0 N–H and O–H groups in total. The lowest BCUT2D eigenvalue weighted by Crippen LogP contribution is -2.04. The van der Waals surface area contributed by atoms with E-state index in [2.05, 4.69) is 15.1 Å². The second-order valence-electron chi connectivity index (χ2n) is 8.83. The molecule has 0 spiro atoms. The maximum Gasteiger partial charge on any atom is 0.251 e. The van der Waals surface area contributed by atoms with Crippen LogP contribution in [0.2, 0.25) is 0 Å². The summed E-state index contributed by atoms with van der Waals surface area (Å²) in [6, 6.07) is 14.8. The quantitative estimate of drug-likeness (QED) is 0.301. The first kappa shape index (κ1) is 24.4. The van der Waals surface area contributed by atoms with Crippen LogP contribution in [-0.4, -0.2) is 58.6 Å². The zero-order valence-electron chi connectivity index (χ0n) is 21.2. The van der Waals surface area contributed by atoms with Crippen molar-refractivity contribution in [2.45, 2.75) is 5.03 Å². The molecule has 0 amide bonds. The van der Waals surface area contributed by atoms with E-state index >= 15 is 0 Å². The standard InChI is InChI=1S/C28H22N6O4S/c1-37-24-11-21-23(12-25(24)38-2)32-28(33-27(21)20-6-4-5-17-9-10-29-15-22(17)20)34-16-19(14-31-34)18-7-8-26(30-13-18)39(3,35)36/h4-16H,1-3H3. The number of benzene rings is 2. The van der Waals surface area contributed by atoms with Crippen molar-refractivity contribution in [2.75, 3.05) is 20.5 Å². The number of aromatic nitrogens is 6. The molecule has 39 heavy (non-hydrogen) atoms. The molecular weight excluding hydrogens is 516 g/mol. The Morgan fingerprint density at radius 2 is 1.67 bits per heavy atom. The molecule has 194 valence electrons. The first-order chi connectivity index (χ1) is 18.9. The van der Waals surface area contributed by atoms with Crippen molar-refractivity contribution < 1.29 is 17.9 Å². The van der Waals surface area contributed by atoms with Crippen LogP contribution in [0.4, 0.5) is 0 Å². The molecule has 0 aliphatic rings. The van der Waals surface area contributed by atoms with Crippen molar-refractivity contribution in [1.29, 1.82) is 0 Å². The highest BCUT2D eigenvalue weighted by Crippen LogP contribution is 2.38. The Kier molecular flexibility index (Phi) is 5.92. The van der Waals surface area contributed by atoms with Crippen molar-refractivity contribution in [1.82, 2.24) is 29.7 Å². The van der Waals surface area contributed by atoms with Crippen LogP contribution in [0.25, 0.3) is 50.0 Å². The van der Waals surface area contributed by atoms with E-state index in [0.29, 0.717) is 34.2 Å². The number of hydrogen-bond donors (Lipinski definition) is 0. The molecule has 0 radical (unpaired) electrons. The lowest BCUT2D eigenvalue weighted by atomic mass is 10.0. The minimum Gasteiger partial charge on any atom is -0.493 e. The Labute approximate surface area is 223 Å². The summed E-state index contributed by atoms with van der Waals surface area (Å²) in [4.78, 5) is 18.1. The molecule has 0 atom stereocenters. The predicted molar refractivity (Wildman–Crippen MR) is 147 cm³/mol. The summed E-state index contributed by atoms with van der Waals surface area (Å²) < 4.78 is 36.2. The Bertz CT molecular complexity index is 1970. The van der Waals surface area contributed by atoms with Crippen molar-refractivity contribution in [2.24, 2.45) is 0 Å². The van der Waals surface area contributed by atoms with Gasteiger partial charge in [-0.2, -0.15) is 5.10 Å². The molecule has 6 rings (SSSR count). The zero-order chi connectivity index (χ0) is 27.1. The summed E-state index contributed by atoms with van der Waals surface area (Å²) in [6.45, 7) is 0. The van der Waals surface area contributed by atoms with E-state index < -0.39 is 9.84 Å². The van der Waals surface area contributed by atoms with Gasteiger partial charge in [0.25, 0.3) is 5.95 Å². The van der Waals surface area contributed by atoms with Crippen molar-refractivity contribution in [3.05, 3.63) is 79.5 Å². The lowest BCUT2D eigenvalue weighted by Gasteiger charge is -2.14. The number of ether oxygens (including phenoxy) is 2. The maximum atomic E-state index is 11.8. The highest BCUT2D eigenvalue weighted by atomic mass is 32.2. The van der Waals surface area contributed by atoms with E-state index in [-0.39, 0.29) is 5.03 Å². The van der Waals surface area contributed by atoms with E-state index in [0.717, 1.165) is 33.5 Å². The van der Waals surface area contributed by atoms with Gasteiger partial charge in [-0.25, -0.2) is 28.1 Å². The number of pyridine rings is 2. The van der Waals surface area contributed by atoms with Gasteiger partial charge in [-0.05, 0) is 29.7 Å². The second kappa shape index (κ2) is 9.44. The predicted octanol–water partition coefficient (Wildman–Crippen LogP) is 4.51. The van der Waals surface area contributed by atoms with Gasteiger partial charge in [0.05, 0.1) is 31.6 Å². The molecule has 4 heterocycles. The fraction of sp³-hybridized carbons (Fsp3) is 0.107. The van der Waals surface area contributed by atoms with Gasteiger partial charge in [0, 0.05) is 64.6 Å². The van der Waals surface area contributed by atoms with Gasteiger partial charge in [-0.15, -0.1) is 0 Å². The molecule has 0 saturated heterocycles. The largest absolute Gasteiger partial charge is 0.493 e. The molecular formula is C28H22N6O4S. The third kappa shape index (κ3) is 4.42. The molecule has 0 aliphatic heterocycles. The molecule has 0 fully saturated rings. The monoisotopic (exact) mass is 538 g/mol. The number of sulfone groups is 1. The molecule has 4 aromatic heterocycles. The third-order valence-corrected chi connectivity index (χ3v) is 7.37. The van der Waals surface area contributed by atoms with E-state index in [9.17, 15) is 8.42 Å². The van der Waals surface area contributed by atoms with Gasteiger partial charge in [0.15, 0.2) is 26.4 Å². The van der Waals surface area contributed by atoms with Crippen LogP contribution in [0.15, 0.2) is 84.5 Å². The van der Waals surface area contributed by atoms with Crippen LogP contribution in [0.1, 0.15) is 0 Å². The average molecular weight is 539 g/mol. The first-order valence-electron chi connectivity index (χ1n) is 11.8. The SMILES string of the molecule is COc1cc2nc(-n3cc(-c4ccc(S(C)(=O)=O)nc4)cn3)nc(-c3cccc4ccncc34)c2cc1OC. The molecule has 10 nitrogen and oxygen atoms in total. The molecule has 0 saturated carbocycles. The summed E-state index contributed by atoms with van der Waals surface area (Å²) in [5, 5.41) is 7.25. The van der Waals surface area contributed by atoms with Crippen LogP contribution in [0.5, 0.6) is 11.5 Å². The average Bonchev–Trinajstić information content (AvgIpc) is 3.46. The Balaban J connectivity index is 1.54. The summed E-state index contributed by atoms with van der Waals surface area (Å²) in [5.41, 5.74) is 3.65. The molecule has 0 aliphatic carbocycles. The normalized spacial score (nSPS) is 11.7. The minimum absolute atomic E-state index is 0.00935. The second-order valence-corrected chi connectivity index (χ2v) is 10.8. The fourth-order valence-corrected chi connectivity index (χ4v) is 4.98. The van der Waals surface area contributed by atoms with Crippen molar-refractivity contribution in [3.8, 4) is 39.8 Å². The van der Waals surface area contributed by atoms with Crippen molar-refractivity contribution >= 4 is 31.5 Å². The lowest BCUT2D eigenvalue weighted by molar-refractivity contribution is 0.356. The van der Waals surface area contributed by atoms with E-state index in [1.807, 2.05) is 42.6 Å². The smallest absolute Gasteiger partial charge is 0.251 e. The first-order valence-corrected chi connectivity index (χ1v) is 13.7. The Morgan fingerprint density at radius 1 is 0.846 bits per heavy atom. The van der Waals surface area contributed by atoms with Crippen LogP contribution in [0.3, 0.4) is 0 Å². The number of methoxy groups -OCH3 is 2. The number of nitrogens with zero attached hydrogens (tertiary/aromatic N) is 6. The van der Waals surface area contributed by atoms with Gasteiger partial charge in [-0.3, -0.25) is 4.98 Å². The number of hydrogen-bond acceptors (Lipinski definition) is 9. The Morgan fingerprint density at radius 3 is 2.41 bits per heavy atom. The molecule has 11 heteroatoms. The van der Waals surface area contributed by atoms with Crippen molar-refractivity contribution in [3.63, 3.8) is 0 Å². The molecule has 0 bridgehead atoms. The van der Waals surface area contributed by atoms with Gasteiger partial charge < -0.3 is 9.47 Å². The number of fused-ring (bicyclic) bond motifs is 2. The van der Waals surface area contributed by atoms with E-state index in [1.165, 1.54) is 12.3 Å². The minimum atomic E-state index is -3.39. The van der Waals surface area contributed by atoms with Gasteiger partial charge in [-0.1, -0.05) is 18.2 Å². The topological polar surface area (TPSA) is 122 Å². The zero-order valence-corrected chi connectivity index (χ0v) is 22.0. The van der Waals surface area contributed by atoms with Crippen LogP contribution in [0, 0.1) is 0 Å². The van der Waals surface area contributed by atoms with E-state index in [1.54, 1.807) is 43.6 Å². The molecule has 6 aromatic rings. The third-order valence-electron chi connectivity index (χ3n) is 6.37. The number of rotatable bonds is 6. The summed E-state index contributed by atoms with van der Waals surface area (Å²) in [7, 11) is -0.232. The van der Waals surface area contributed by atoms with Gasteiger partial charge in [0.2, 0.25) is 0 Å². The van der Waals surface area contributed by atoms with Gasteiger partial charge >= 0.3 is 0 Å². The van der Waals surface area contributed by atoms with Crippen LogP contribution < -0.4 is 9.47 Å². The van der Waals surface area contributed by atoms with Crippen LogP contribution in [-0.2, 0) is 9.84 Å². The summed E-state index contributed by atoms with van der Waals surface area (Å²) >= 11 is 0. The summed E-state index contributed by atoms with van der Waals surface area (Å²) in [6.07, 6.45) is 9.63. The van der Waals surface area contributed by atoms with Crippen LogP contribution >= 0.6 is 0 Å². The van der Waals surface area contributed by atoms with E-state index in [4.69, 9.17) is 19.4 Å². The van der Waals surface area contributed by atoms with Gasteiger partial charge in [0.1, 0.15) is 0 Å². The summed E-state index contributed by atoms with van der Waals surface area (Å²) in [5.74, 6) is 1.45. The highest BCUT2D eigenvalue weighted by molar-refractivity contribution is 7.90. The molecule has 0 unspecified atom stereocenters. The maximum absolute atomic E-state index is 11.8. The highest BCUT2D eigenvalue weighted by Gasteiger charge is 2.18. The molecule has 2 aromatic carbocycles. The Hall–Kier alpha value is -4.90. The fourth-order valence-electron chi connectivity index (χ4n) is 4.42.